The first kappa shape index (κ1) is 22.2. The number of nitrogens with zero attached hydrogens (tertiary/aromatic N) is 3. The zero-order valence-corrected chi connectivity index (χ0v) is 18.1. The fourth-order valence-corrected chi connectivity index (χ4v) is 4.57. The van der Waals surface area contributed by atoms with Crippen LogP contribution in [0.5, 0.6) is 0 Å². The van der Waals surface area contributed by atoms with Crippen molar-refractivity contribution in [1.82, 2.24) is 20.1 Å². The maximum absolute atomic E-state index is 13.2. The highest BCUT2D eigenvalue weighted by Gasteiger charge is 2.54. The van der Waals surface area contributed by atoms with Crippen LogP contribution in [0.3, 0.4) is 0 Å². The lowest BCUT2D eigenvalue weighted by molar-refractivity contribution is -0.140. The van der Waals surface area contributed by atoms with Gasteiger partial charge in [-0.25, -0.2) is 0 Å². The fraction of sp³-hybridized carbons (Fsp3) is 0.636. The molecule has 164 valence electrons. The topological polar surface area (TPSA) is 91.8 Å². The number of rotatable bonds is 7. The Morgan fingerprint density at radius 1 is 1.33 bits per heavy atom. The van der Waals surface area contributed by atoms with E-state index in [1.807, 2.05) is 19.9 Å². The number of likely N-dealkylation sites (N-methyl/N-ethyl adjacent to an activating group) is 1. The third-order valence-corrected chi connectivity index (χ3v) is 6.42. The molecule has 8 heteroatoms. The molecule has 30 heavy (non-hydrogen) atoms. The van der Waals surface area contributed by atoms with E-state index in [1.54, 1.807) is 29.3 Å². The van der Waals surface area contributed by atoms with Crippen molar-refractivity contribution in [3.05, 3.63) is 29.6 Å². The van der Waals surface area contributed by atoms with Crippen molar-refractivity contribution in [1.29, 1.82) is 0 Å². The minimum Gasteiger partial charge on any atom is -0.385 e. The van der Waals surface area contributed by atoms with Gasteiger partial charge in [0.15, 0.2) is 0 Å². The van der Waals surface area contributed by atoms with Crippen molar-refractivity contribution >= 4 is 17.7 Å². The lowest BCUT2D eigenvalue weighted by Crippen LogP contribution is -2.47. The number of pyridine rings is 1. The molecule has 2 saturated heterocycles. The van der Waals surface area contributed by atoms with E-state index in [9.17, 15) is 14.4 Å². The van der Waals surface area contributed by atoms with Gasteiger partial charge in [-0.1, -0.05) is 0 Å². The Hall–Kier alpha value is -2.48. The molecule has 1 aromatic rings. The normalized spacial score (nSPS) is 20.6. The number of aromatic nitrogens is 1. The molecular formula is C22H32N4O4. The minimum atomic E-state index is -0.550. The van der Waals surface area contributed by atoms with Crippen LogP contribution in [0.1, 0.15) is 48.5 Å². The lowest BCUT2D eigenvalue weighted by atomic mass is 9.75. The van der Waals surface area contributed by atoms with E-state index in [2.05, 4.69) is 10.3 Å². The summed E-state index contributed by atoms with van der Waals surface area (Å²) >= 11 is 0. The molecule has 2 fully saturated rings. The molecule has 3 amide bonds. The molecule has 1 N–H and O–H groups in total. The quantitative estimate of drug-likeness (QED) is 0.678. The molecular weight excluding hydrogens is 384 g/mol. The van der Waals surface area contributed by atoms with E-state index >= 15 is 0 Å². The number of hydrogen-bond donors (Lipinski definition) is 1. The number of amides is 3. The third kappa shape index (κ3) is 4.33. The number of nitrogens with one attached hydrogen (secondary N) is 1. The average Bonchev–Trinajstić information content (AvgIpc) is 3.03. The first-order valence-corrected chi connectivity index (χ1v) is 10.7. The summed E-state index contributed by atoms with van der Waals surface area (Å²) in [6, 6.07) is 1.39. The van der Waals surface area contributed by atoms with Gasteiger partial charge in [0.2, 0.25) is 11.8 Å². The Morgan fingerprint density at radius 3 is 2.70 bits per heavy atom. The van der Waals surface area contributed by atoms with Gasteiger partial charge in [0.25, 0.3) is 5.91 Å². The Kier molecular flexibility index (Phi) is 7.07. The van der Waals surface area contributed by atoms with Crippen LogP contribution in [0, 0.1) is 12.3 Å². The van der Waals surface area contributed by atoms with Crippen LogP contribution in [0.4, 0.5) is 0 Å². The summed E-state index contributed by atoms with van der Waals surface area (Å²) < 4.78 is 5.02. The molecule has 2 aliphatic rings. The standard InChI is InChI=1S/C22H32N4O4/c1-4-26-18(19(27)24-9-5-13-30-3)14-22(21(26)29)7-11-25(12-8-22)20(28)17-15-23-10-6-16(17)2/h6,10,15,18H,4-5,7-9,11-14H2,1-3H3,(H,24,27). The summed E-state index contributed by atoms with van der Waals surface area (Å²) in [5, 5.41) is 2.94. The zero-order chi connectivity index (χ0) is 21.7. The van der Waals surface area contributed by atoms with Gasteiger partial charge in [-0.3, -0.25) is 19.4 Å². The number of hydrogen-bond acceptors (Lipinski definition) is 5. The smallest absolute Gasteiger partial charge is 0.255 e. The van der Waals surface area contributed by atoms with Crippen molar-refractivity contribution < 1.29 is 19.1 Å². The predicted molar refractivity (Wildman–Crippen MR) is 112 cm³/mol. The van der Waals surface area contributed by atoms with Crippen molar-refractivity contribution in [3.8, 4) is 0 Å². The molecule has 8 nitrogen and oxygen atoms in total. The number of methoxy groups -OCH3 is 1. The van der Waals surface area contributed by atoms with Gasteiger partial charge in [-0.15, -0.1) is 0 Å². The molecule has 0 aliphatic carbocycles. The van der Waals surface area contributed by atoms with Gasteiger partial charge in [-0.05, 0) is 51.2 Å². The highest BCUT2D eigenvalue weighted by molar-refractivity contribution is 5.96. The van der Waals surface area contributed by atoms with Gasteiger partial charge in [-0.2, -0.15) is 0 Å². The molecule has 0 aromatic carbocycles. The molecule has 2 aliphatic heterocycles. The summed E-state index contributed by atoms with van der Waals surface area (Å²) in [6.45, 7) is 6.47. The molecule has 0 saturated carbocycles. The van der Waals surface area contributed by atoms with E-state index in [1.165, 1.54) is 0 Å². The average molecular weight is 417 g/mol. The van der Waals surface area contributed by atoms with Crippen LogP contribution in [-0.2, 0) is 14.3 Å². The lowest BCUT2D eigenvalue weighted by Gasteiger charge is -2.38. The predicted octanol–water partition coefficient (Wildman–Crippen LogP) is 1.39. The first-order valence-electron chi connectivity index (χ1n) is 10.7. The van der Waals surface area contributed by atoms with Gasteiger partial charge in [0.1, 0.15) is 6.04 Å². The monoisotopic (exact) mass is 416 g/mol. The molecule has 1 aromatic heterocycles. The summed E-state index contributed by atoms with van der Waals surface area (Å²) in [5.74, 6) is -0.0879. The molecule has 0 radical (unpaired) electrons. The molecule has 3 heterocycles. The maximum Gasteiger partial charge on any atom is 0.255 e. The van der Waals surface area contributed by atoms with Crippen LogP contribution in [0.15, 0.2) is 18.5 Å². The van der Waals surface area contributed by atoms with Gasteiger partial charge in [0.05, 0.1) is 11.0 Å². The number of aryl methyl sites for hydroxylation is 1. The summed E-state index contributed by atoms with van der Waals surface area (Å²) in [4.78, 5) is 46.4. The van der Waals surface area contributed by atoms with Crippen LogP contribution >= 0.6 is 0 Å². The van der Waals surface area contributed by atoms with E-state index in [4.69, 9.17) is 4.74 Å². The Morgan fingerprint density at radius 2 is 2.07 bits per heavy atom. The Labute approximate surface area is 178 Å². The fourth-order valence-electron chi connectivity index (χ4n) is 4.57. The molecule has 0 bridgehead atoms. The van der Waals surface area contributed by atoms with Gasteiger partial charge < -0.3 is 19.9 Å². The third-order valence-electron chi connectivity index (χ3n) is 6.42. The Bertz CT molecular complexity index is 789. The van der Waals surface area contributed by atoms with Gasteiger partial charge in [0, 0.05) is 52.3 Å². The minimum absolute atomic E-state index is 0.0410. The van der Waals surface area contributed by atoms with Crippen LogP contribution in [0.2, 0.25) is 0 Å². The summed E-state index contributed by atoms with van der Waals surface area (Å²) in [5.41, 5.74) is 0.954. The van der Waals surface area contributed by atoms with E-state index < -0.39 is 11.5 Å². The van der Waals surface area contributed by atoms with Gasteiger partial charge >= 0.3 is 0 Å². The van der Waals surface area contributed by atoms with Crippen LogP contribution in [-0.4, -0.2) is 78.4 Å². The number of piperidine rings is 1. The van der Waals surface area contributed by atoms with E-state index in [0.717, 1.165) is 12.0 Å². The Balaban J connectivity index is 1.64. The number of ether oxygens (including phenoxy) is 1. The second-order valence-electron chi connectivity index (χ2n) is 8.21. The van der Waals surface area contributed by atoms with E-state index in [-0.39, 0.29) is 17.7 Å². The van der Waals surface area contributed by atoms with E-state index in [0.29, 0.717) is 57.6 Å². The zero-order valence-electron chi connectivity index (χ0n) is 18.1. The maximum atomic E-state index is 13.2. The van der Waals surface area contributed by atoms with Crippen molar-refractivity contribution in [2.75, 3.05) is 39.9 Å². The number of carbonyl (C=O) groups excluding carboxylic acids is 3. The SMILES string of the molecule is CCN1C(=O)C2(CCN(C(=O)c3cnccc3C)CC2)CC1C(=O)NCCCOC. The first-order chi connectivity index (χ1) is 14.4. The van der Waals surface area contributed by atoms with Crippen molar-refractivity contribution in [2.24, 2.45) is 5.41 Å². The second-order valence-corrected chi connectivity index (χ2v) is 8.21. The largest absolute Gasteiger partial charge is 0.385 e. The van der Waals surface area contributed by atoms with Crippen molar-refractivity contribution in [3.63, 3.8) is 0 Å². The molecule has 1 atom stereocenters. The summed E-state index contributed by atoms with van der Waals surface area (Å²) in [6.07, 6.45) is 5.70. The molecule has 1 unspecified atom stereocenters. The molecule has 3 rings (SSSR count). The van der Waals surface area contributed by atoms with Crippen LogP contribution < -0.4 is 5.32 Å². The number of carbonyl (C=O) groups is 3. The molecule has 1 spiro atoms. The number of likely N-dealkylation sites (tertiary alicyclic amines) is 2. The highest BCUT2D eigenvalue weighted by Crippen LogP contribution is 2.44. The highest BCUT2D eigenvalue weighted by atomic mass is 16.5. The van der Waals surface area contributed by atoms with Crippen molar-refractivity contribution in [2.45, 2.75) is 45.6 Å². The summed E-state index contributed by atoms with van der Waals surface area (Å²) in [7, 11) is 1.63. The second kappa shape index (κ2) is 9.55. The van der Waals surface area contributed by atoms with Crippen LogP contribution in [0.25, 0.3) is 0 Å².